The van der Waals surface area contributed by atoms with Crippen molar-refractivity contribution in [2.45, 2.75) is 32.5 Å². The number of aromatic nitrogens is 1. The first-order valence-corrected chi connectivity index (χ1v) is 7.59. The standard InChI is InChI=1S/C18H17F3N2O2/c1-11(24)8-16-10-14(6-7-22-16)17(25)23-12(2)13-4-3-5-15(9-13)18(19,20)21/h3-7,9-10,12H,8H2,1-2H3,(H,23,25)/t12-/m1/s1. The van der Waals surface area contributed by atoms with Crippen LogP contribution in [-0.4, -0.2) is 16.7 Å². The van der Waals surface area contributed by atoms with Gasteiger partial charge in [-0.15, -0.1) is 0 Å². The van der Waals surface area contributed by atoms with Crippen molar-refractivity contribution < 1.29 is 22.8 Å². The Hall–Kier alpha value is -2.70. The zero-order chi connectivity index (χ0) is 18.6. The summed E-state index contributed by atoms with van der Waals surface area (Å²) in [7, 11) is 0. The maximum atomic E-state index is 12.8. The highest BCUT2D eigenvalue weighted by atomic mass is 19.4. The molecular formula is C18H17F3N2O2. The molecule has 7 heteroatoms. The van der Waals surface area contributed by atoms with E-state index in [2.05, 4.69) is 10.3 Å². The molecule has 1 aromatic heterocycles. The molecule has 0 radical (unpaired) electrons. The third-order valence-corrected chi connectivity index (χ3v) is 3.57. The second-order valence-electron chi connectivity index (χ2n) is 5.73. The topological polar surface area (TPSA) is 59.1 Å². The fourth-order valence-corrected chi connectivity index (χ4v) is 2.32. The average Bonchev–Trinajstić information content (AvgIpc) is 2.53. The van der Waals surface area contributed by atoms with E-state index in [1.807, 2.05) is 0 Å². The zero-order valence-corrected chi connectivity index (χ0v) is 13.7. The van der Waals surface area contributed by atoms with Crippen molar-refractivity contribution in [3.8, 4) is 0 Å². The molecule has 0 bridgehead atoms. The third kappa shape index (κ3) is 5.14. The zero-order valence-electron chi connectivity index (χ0n) is 13.7. The van der Waals surface area contributed by atoms with Crippen LogP contribution < -0.4 is 5.32 Å². The van der Waals surface area contributed by atoms with Crippen molar-refractivity contribution in [3.63, 3.8) is 0 Å². The van der Waals surface area contributed by atoms with E-state index in [4.69, 9.17) is 0 Å². The molecule has 0 aliphatic heterocycles. The number of Topliss-reactive ketones (excluding diaryl/α,β-unsaturated/α-hetero) is 1. The summed E-state index contributed by atoms with van der Waals surface area (Å²) in [6.07, 6.45) is -2.90. The van der Waals surface area contributed by atoms with Gasteiger partial charge in [0.2, 0.25) is 0 Å². The summed E-state index contributed by atoms with van der Waals surface area (Å²) >= 11 is 0. The Morgan fingerprint density at radius 3 is 2.56 bits per heavy atom. The Bertz CT molecular complexity index is 788. The summed E-state index contributed by atoms with van der Waals surface area (Å²) in [6, 6.07) is 7.19. The minimum Gasteiger partial charge on any atom is -0.346 e. The van der Waals surface area contributed by atoms with E-state index < -0.39 is 23.7 Å². The van der Waals surface area contributed by atoms with Gasteiger partial charge in [-0.05, 0) is 43.7 Å². The van der Waals surface area contributed by atoms with Crippen LogP contribution in [0.4, 0.5) is 13.2 Å². The van der Waals surface area contributed by atoms with Crippen LogP contribution in [0.1, 0.15) is 47.1 Å². The number of hydrogen-bond acceptors (Lipinski definition) is 3. The van der Waals surface area contributed by atoms with E-state index in [1.54, 1.807) is 6.92 Å². The Morgan fingerprint density at radius 2 is 1.92 bits per heavy atom. The number of halogens is 3. The number of benzene rings is 1. The summed E-state index contributed by atoms with van der Waals surface area (Å²) in [4.78, 5) is 27.5. The molecule has 132 valence electrons. The molecule has 2 rings (SSSR count). The van der Waals surface area contributed by atoms with Crippen LogP contribution in [0.15, 0.2) is 42.6 Å². The van der Waals surface area contributed by atoms with Crippen LogP contribution >= 0.6 is 0 Å². The predicted octanol–water partition coefficient (Wildman–Crippen LogP) is 3.72. The van der Waals surface area contributed by atoms with Gasteiger partial charge in [0.25, 0.3) is 5.91 Å². The summed E-state index contributed by atoms with van der Waals surface area (Å²) in [6.45, 7) is 3.02. The SMILES string of the molecule is CC(=O)Cc1cc(C(=O)N[C@H](C)c2cccc(C(F)(F)F)c2)ccn1. The van der Waals surface area contributed by atoms with Crippen LogP contribution in [0.3, 0.4) is 0 Å². The van der Waals surface area contributed by atoms with E-state index in [-0.39, 0.29) is 12.2 Å². The number of nitrogens with zero attached hydrogens (tertiary/aromatic N) is 1. The number of amides is 1. The second kappa shape index (κ2) is 7.46. The molecule has 1 atom stereocenters. The number of nitrogens with one attached hydrogen (secondary N) is 1. The van der Waals surface area contributed by atoms with Crippen molar-refractivity contribution in [1.29, 1.82) is 0 Å². The summed E-state index contributed by atoms with van der Waals surface area (Å²) < 4.78 is 38.4. The molecular weight excluding hydrogens is 333 g/mol. The molecule has 0 aliphatic rings. The molecule has 1 aromatic carbocycles. The van der Waals surface area contributed by atoms with Gasteiger partial charge in [0, 0.05) is 23.9 Å². The van der Waals surface area contributed by atoms with Gasteiger partial charge in [0.05, 0.1) is 11.6 Å². The first kappa shape index (κ1) is 18.6. The Morgan fingerprint density at radius 1 is 1.20 bits per heavy atom. The fourth-order valence-electron chi connectivity index (χ4n) is 2.32. The molecule has 0 saturated heterocycles. The summed E-state index contributed by atoms with van der Waals surface area (Å²) in [5, 5.41) is 2.65. The van der Waals surface area contributed by atoms with Crippen LogP contribution in [0.25, 0.3) is 0 Å². The van der Waals surface area contributed by atoms with Crippen molar-refractivity contribution in [2.24, 2.45) is 0 Å². The average molecular weight is 350 g/mol. The molecule has 4 nitrogen and oxygen atoms in total. The van der Waals surface area contributed by atoms with Crippen molar-refractivity contribution >= 4 is 11.7 Å². The number of ketones is 1. The number of alkyl halides is 3. The lowest BCUT2D eigenvalue weighted by atomic mass is 10.0. The van der Waals surface area contributed by atoms with E-state index in [0.717, 1.165) is 12.1 Å². The molecule has 0 fully saturated rings. The largest absolute Gasteiger partial charge is 0.416 e. The van der Waals surface area contributed by atoms with Gasteiger partial charge in [0.15, 0.2) is 0 Å². The van der Waals surface area contributed by atoms with Gasteiger partial charge >= 0.3 is 6.18 Å². The minimum atomic E-state index is -4.44. The number of rotatable bonds is 5. The van der Waals surface area contributed by atoms with Crippen LogP contribution in [0, 0.1) is 0 Å². The third-order valence-electron chi connectivity index (χ3n) is 3.57. The number of carbonyl (C=O) groups is 2. The number of carbonyl (C=O) groups excluding carboxylic acids is 2. The van der Waals surface area contributed by atoms with Crippen LogP contribution in [-0.2, 0) is 17.4 Å². The molecule has 2 aromatic rings. The van der Waals surface area contributed by atoms with Gasteiger partial charge < -0.3 is 5.32 Å². The van der Waals surface area contributed by atoms with Gasteiger partial charge in [-0.1, -0.05) is 12.1 Å². The number of pyridine rings is 1. The lowest BCUT2D eigenvalue weighted by Gasteiger charge is -2.16. The van der Waals surface area contributed by atoms with E-state index in [9.17, 15) is 22.8 Å². The Labute approximate surface area is 143 Å². The van der Waals surface area contributed by atoms with Gasteiger partial charge in [-0.25, -0.2) is 0 Å². The second-order valence-corrected chi connectivity index (χ2v) is 5.73. The molecule has 25 heavy (non-hydrogen) atoms. The lowest BCUT2D eigenvalue weighted by Crippen LogP contribution is -2.27. The summed E-state index contributed by atoms with van der Waals surface area (Å²) in [5.41, 5.74) is 0.344. The van der Waals surface area contributed by atoms with Crippen LogP contribution in [0.5, 0.6) is 0 Å². The Balaban J connectivity index is 2.14. The lowest BCUT2D eigenvalue weighted by molar-refractivity contribution is -0.137. The van der Waals surface area contributed by atoms with Crippen molar-refractivity contribution in [1.82, 2.24) is 10.3 Å². The highest BCUT2D eigenvalue weighted by Crippen LogP contribution is 2.30. The predicted molar refractivity (Wildman–Crippen MR) is 85.9 cm³/mol. The highest BCUT2D eigenvalue weighted by Gasteiger charge is 2.30. The Kier molecular flexibility index (Phi) is 5.56. The van der Waals surface area contributed by atoms with Crippen molar-refractivity contribution in [3.05, 3.63) is 65.0 Å². The molecule has 0 aliphatic carbocycles. The van der Waals surface area contributed by atoms with E-state index in [1.165, 1.54) is 37.4 Å². The van der Waals surface area contributed by atoms with E-state index in [0.29, 0.717) is 16.8 Å². The quantitative estimate of drug-likeness (QED) is 0.894. The van der Waals surface area contributed by atoms with E-state index >= 15 is 0 Å². The first-order chi connectivity index (χ1) is 11.7. The molecule has 0 saturated carbocycles. The monoisotopic (exact) mass is 350 g/mol. The molecule has 0 spiro atoms. The smallest absolute Gasteiger partial charge is 0.346 e. The minimum absolute atomic E-state index is 0.0811. The van der Waals surface area contributed by atoms with Gasteiger partial charge in [0.1, 0.15) is 5.78 Å². The fraction of sp³-hybridized carbons (Fsp3) is 0.278. The van der Waals surface area contributed by atoms with Crippen LogP contribution in [0.2, 0.25) is 0 Å². The maximum Gasteiger partial charge on any atom is 0.416 e. The summed E-state index contributed by atoms with van der Waals surface area (Å²) in [5.74, 6) is -0.528. The van der Waals surface area contributed by atoms with Crippen molar-refractivity contribution in [2.75, 3.05) is 0 Å². The molecule has 0 unspecified atom stereocenters. The molecule has 1 amide bonds. The maximum absolute atomic E-state index is 12.8. The molecule has 1 N–H and O–H groups in total. The van der Waals surface area contributed by atoms with Gasteiger partial charge in [-0.3, -0.25) is 14.6 Å². The number of hydrogen-bond donors (Lipinski definition) is 1. The normalized spacial score (nSPS) is 12.5. The molecule has 1 heterocycles. The highest BCUT2D eigenvalue weighted by molar-refractivity contribution is 5.94. The van der Waals surface area contributed by atoms with Gasteiger partial charge in [-0.2, -0.15) is 13.2 Å². The first-order valence-electron chi connectivity index (χ1n) is 7.59.